The summed E-state index contributed by atoms with van der Waals surface area (Å²) < 4.78 is 60.3. The van der Waals surface area contributed by atoms with Crippen LogP contribution in [-0.2, 0) is 31.4 Å². The Morgan fingerprint density at radius 3 is 1.95 bits per heavy atom. The molecule has 0 saturated heterocycles. The van der Waals surface area contributed by atoms with Crippen LogP contribution in [-0.4, -0.2) is 74.2 Å². The summed E-state index contributed by atoms with van der Waals surface area (Å²) in [7, 11) is -7.67. The van der Waals surface area contributed by atoms with Gasteiger partial charge in [-0.3, -0.25) is 5.10 Å². The molecule has 5 aromatic carbocycles. The van der Waals surface area contributed by atoms with Gasteiger partial charge in [0.15, 0.2) is 11.5 Å². The minimum absolute atomic E-state index is 0.143. The third-order valence-electron chi connectivity index (χ3n) is 10.1. The van der Waals surface area contributed by atoms with Crippen LogP contribution in [0.2, 0.25) is 0 Å². The standard InChI is InChI=1S/C29H22N6O3S.C14H12BNO4S/c1-38-17-18-8-7-12-24-26(18)32-29(31-24)27-22-14-19(15-30-28(22)34-33-27)23-16-35(25-13-6-5-11-21(23)25)39(36,37)20-9-3-2-4-10-20;17-15(18)13-10-16(14-9-5-4-8-12(13)14)21(19,20)11-6-2-1-3-7-11/h2-16H,17H2,1H3,(H,31,32)(H,30,33,34);1-10,17-18H. The van der Waals surface area contributed by atoms with E-state index in [1.807, 2.05) is 42.5 Å². The Labute approximate surface area is 343 Å². The summed E-state index contributed by atoms with van der Waals surface area (Å²) in [6, 6.07) is 38.5. The van der Waals surface area contributed by atoms with E-state index in [0.717, 1.165) is 42.5 Å². The molecule has 0 saturated carbocycles. The smallest absolute Gasteiger partial charge is 0.423 e. The van der Waals surface area contributed by atoms with E-state index in [1.165, 1.54) is 22.3 Å². The zero-order valence-corrected chi connectivity index (χ0v) is 33.3. The number of benzene rings is 5. The Hall–Kier alpha value is -6.89. The molecule has 5 aromatic heterocycles. The highest BCUT2D eigenvalue weighted by molar-refractivity contribution is 7.90. The molecule has 0 unspecified atom stereocenters. The van der Waals surface area contributed by atoms with Gasteiger partial charge in [0.2, 0.25) is 0 Å². The molecule has 298 valence electrons. The fraction of sp³-hybridized carbons (Fsp3) is 0.0465. The van der Waals surface area contributed by atoms with Gasteiger partial charge in [-0.2, -0.15) is 5.10 Å². The van der Waals surface area contributed by atoms with Crippen LogP contribution >= 0.6 is 0 Å². The molecule has 0 fully saturated rings. The average Bonchev–Trinajstić information content (AvgIpc) is 4.08. The van der Waals surface area contributed by atoms with Crippen LogP contribution in [0.1, 0.15) is 5.56 Å². The van der Waals surface area contributed by atoms with Crippen LogP contribution in [0.5, 0.6) is 0 Å². The number of rotatable bonds is 9. The monoisotopic (exact) mass is 835 g/mol. The number of hydrogen-bond donors (Lipinski definition) is 4. The first-order chi connectivity index (χ1) is 29.1. The topological polar surface area (TPSA) is 198 Å². The van der Waals surface area contributed by atoms with Crippen LogP contribution in [0.4, 0.5) is 0 Å². The molecule has 4 N–H and O–H groups in total. The second-order valence-corrected chi connectivity index (χ2v) is 17.4. The lowest BCUT2D eigenvalue weighted by Crippen LogP contribution is -2.29. The molecule has 5 heterocycles. The van der Waals surface area contributed by atoms with E-state index in [2.05, 4.69) is 20.2 Å². The summed E-state index contributed by atoms with van der Waals surface area (Å²) in [5.41, 5.74) is 6.59. The van der Waals surface area contributed by atoms with Crippen molar-refractivity contribution in [2.45, 2.75) is 16.4 Å². The van der Waals surface area contributed by atoms with E-state index in [1.54, 1.807) is 98.4 Å². The van der Waals surface area contributed by atoms with Gasteiger partial charge in [0, 0.05) is 58.6 Å². The van der Waals surface area contributed by atoms with E-state index in [-0.39, 0.29) is 15.3 Å². The Kier molecular flexibility index (Phi) is 9.90. The number of nitrogens with zero attached hydrogens (tertiary/aromatic N) is 5. The summed E-state index contributed by atoms with van der Waals surface area (Å²) in [5.74, 6) is 0.629. The molecule has 0 amide bonds. The summed E-state index contributed by atoms with van der Waals surface area (Å²) in [6.45, 7) is 0.451. The van der Waals surface area contributed by atoms with Gasteiger partial charge >= 0.3 is 7.12 Å². The number of ether oxygens (including phenoxy) is 1. The van der Waals surface area contributed by atoms with Crippen molar-refractivity contribution in [3.8, 4) is 22.6 Å². The Balaban J connectivity index is 0.000000186. The molecule has 60 heavy (non-hydrogen) atoms. The van der Waals surface area contributed by atoms with Crippen molar-refractivity contribution in [1.82, 2.24) is 33.1 Å². The Bertz CT molecular complexity index is 3420. The van der Waals surface area contributed by atoms with E-state index in [4.69, 9.17) is 9.72 Å². The first-order valence-corrected chi connectivity index (χ1v) is 21.4. The third kappa shape index (κ3) is 6.73. The molecular formula is C43H34BN7O7S2. The molecule has 14 nitrogen and oxygen atoms in total. The molecule has 0 spiro atoms. The number of H-pyrrole nitrogens is 2. The fourth-order valence-electron chi connectivity index (χ4n) is 7.28. The number of nitrogens with one attached hydrogen (secondary N) is 2. The second kappa shape index (κ2) is 15.4. The third-order valence-corrected chi connectivity index (χ3v) is 13.5. The van der Waals surface area contributed by atoms with Crippen LogP contribution in [0.3, 0.4) is 0 Å². The van der Waals surface area contributed by atoms with Gasteiger partial charge in [0.05, 0.1) is 43.9 Å². The molecule has 10 rings (SSSR count). The number of pyridine rings is 1. The minimum Gasteiger partial charge on any atom is -0.423 e. The van der Waals surface area contributed by atoms with Gasteiger partial charge in [-0.05, 0) is 48.5 Å². The molecule has 10 aromatic rings. The maximum absolute atomic E-state index is 13.6. The Morgan fingerprint density at radius 1 is 0.700 bits per heavy atom. The SMILES string of the molecule is COCc1cccc2[nH]c(-c3[nH]nc4ncc(-c5cn(S(=O)(=O)c6ccccc6)c6ccccc56)cc34)nc12.O=S(=O)(c1ccccc1)n1cc(B(O)O)c2ccccc21. The maximum Gasteiger partial charge on any atom is 0.490 e. The number of methoxy groups -OCH3 is 1. The molecule has 17 heteroatoms. The van der Waals surface area contributed by atoms with Gasteiger partial charge in [0.25, 0.3) is 20.0 Å². The second-order valence-electron chi connectivity index (χ2n) is 13.8. The van der Waals surface area contributed by atoms with Crippen molar-refractivity contribution in [3.05, 3.63) is 158 Å². The first kappa shape index (κ1) is 38.6. The quantitative estimate of drug-likeness (QED) is 0.124. The number of aromatic amines is 2. The minimum atomic E-state index is -3.81. The largest absolute Gasteiger partial charge is 0.490 e. The van der Waals surface area contributed by atoms with E-state index in [9.17, 15) is 26.9 Å². The molecule has 0 aliphatic rings. The summed E-state index contributed by atoms with van der Waals surface area (Å²) in [6.07, 6.45) is 4.62. The predicted octanol–water partition coefficient (Wildman–Crippen LogP) is 6.06. The number of fused-ring (bicyclic) bond motifs is 4. The first-order valence-electron chi connectivity index (χ1n) is 18.5. The highest BCUT2D eigenvalue weighted by Gasteiger charge is 2.26. The molecule has 0 atom stereocenters. The highest BCUT2D eigenvalue weighted by Crippen LogP contribution is 2.36. The zero-order chi connectivity index (χ0) is 41.6. The number of imidazole rings is 1. The van der Waals surface area contributed by atoms with Crippen molar-refractivity contribution < 1.29 is 31.6 Å². The lowest BCUT2D eigenvalue weighted by molar-refractivity contribution is 0.186. The van der Waals surface area contributed by atoms with Crippen molar-refractivity contribution in [1.29, 1.82) is 0 Å². The van der Waals surface area contributed by atoms with Gasteiger partial charge in [0.1, 0.15) is 5.69 Å². The number of hydrogen-bond acceptors (Lipinski definition) is 10. The molecule has 0 aliphatic carbocycles. The molecule has 0 radical (unpaired) electrons. The molecular weight excluding hydrogens is 801 g/mol. The van der Waals surface area contributed by atoms with Crippen LogP contribution in [0, 0.1) is 0 Å². The van der Waals surface area contributed by atoms with Crippen molar-refractivity contribution in [2.24, 2.45) is 0 Å². The normalized spacial score (nSPS) is 12.0. The van der Waals surface area contributed by atoms with Crippen LogP contribution in [0.15, 0.2) is 162 Å². The van der Waals surface area contributed by atoms with E-state index >= 15 is 0 Å². The zero-order valence-electron chi connectivity index (χ0n) is 31.7. The van der Waals surface area contributed by atoms with Crippen molar-refractivity contribution in [3.63, 3.8) is 0 Å². The maximum atomic E-state index is 13.6. The molecule has 0 aliphatic heterocycles. The van der Waals surface area contributed by atoms with Crippen LogP contribution in [0.25, 0.3) is 66.5 Å². The Morgan fingerprint density at radius 2 is 1.30 bits per heavy atom. The summed E-state index contributed by atoms with van der Waals surface area (Å²) in [4.78, 5) is 13.1. The van der Waals surface area contributed by atoms with Gasteiger partial charge in [-0.25, -0.2) is 34.7 Å². The fourth-order valence-corrected chi connectivity index (χ4v) is 10.1. The average molecular weight is 836 g/mol. The van der Waals surface area contributed by atoms with Crippen molar-refractivity contribution in [2.75, 3.05) is 7.11 Å². The number of para-hydroxylation sites is 3. The van der Waals surface area contributed by atoms with E-state index < -0.39 is 27.2 Å². The van der Waals surface area contributed by atoms with Crippen LogP contribution < -0.4 is 5.46 Å². The van der Waals surface area contributed by atoms with Gasteiger partial charge in [-0.1, -0.05) is 84.9 Å². The van der Waals surface area contributed by atoms with E-state index in [0.29, 0.717) is 40.2 Å². The van der Waals surface area contributed by atoms with Gasteiger partial charge < -0.3 is 19.8 Å². The van der Waals surface area contributed by atoms with Gasteiger partial charge in [-0.15, -0.1) is 0 Å². The van der Waals surface area contributed by atoms with Crippen molar-refractivity contribution >= 4 is 76.5 Å². The summed E-state index contributed by atoms with van der Waals surface area (Å²) in [5, 5.41) is 28.4. The number of aromatic nitrogens is 7. The lowest BCUT2D eigenvalue weighted by Gasteiger charge is -2.07. The lowest BCUT2D eigenvalue weighted by atomic mass is 9.80. The highest BCUT2D eigenvalue weighted by atomic mass is 32.2. The molecule has 0 bridgehead atoms. The predicted molar refractivity (Wildman–Crippen MR) is 230 cm³/mol. The summed E-state index contributed by atoms with van der Waals surface area (Å²) >= 11 is 0.